The van der Waals surface area contributed by atoms with E-state index in [1.807, 2.05) is 6.08 Å². The minimum Gasteiger partial charge on any atom is -0.387 e. The first-order chi connectivity index (χ1) is 22.8. The summed E-state index contributed by atoms with van der Waals surface area (Å²) in [6.07, 6.45) is 44.2. The number of hydrogen-bond donors (Lipinski definition) is 3. The molecule has 0 aromatic rings. The molecule has 7 heteroatoms. The van der Waals surface area contributed by atoms with Crippen LogP contribution in [0, 0.1) is 0 Å². The summed E-state index contributed by atoms with van der Waals surface area (Å²) in [5, 5.41) is 13.2. The second kappa shape index (κ2) is 34.4. The zero-order valence-corrected chi connectivity index (χ0v) is 31.5. The average molecular weight is 682 g/mol. The highest BCUT2D eigenvalue weighted by Gasteiger charge is 2.24. The second-order valence-electron chi connectivity index (χ2n) is 13.5. The summed E-state index contributed by atoms with van der Waals surface area (Å²) >= 11 is 0. The molecule has 0 bridgehead atoms. The number of aliphatic hydroxyl groups excluding tert-OH is 1. The van der Waals surface area contributed by atoms with Crippen LogP contribution in [0.5, 0.6) is 0 Å². The van der Waals surface area contributed by atoms with Crippen molar-refractivity contribution >= 4 is 16.0 Å². The van der Waals surface area contributed by atoms with E-state index in [2.05, 4.69) is 43.5 Å². The van der Waals surface area contributed by atoms with Gasteiger partial charge in [-0.3, -0.25) is 9.35 Å². The number of carbonyl (C=O) groups is 1. The number of aliphatic hydroxyl groups is 1. The lowest BCUT2D eigenvalue weighted by molar-refractivity contribution is -0.122. The van der Waals surface area contributed by atoms with Crippen LogP contribution in [0.15, 0.2) is 36.5 Å². The van der Waals surface area contributed by atoms with Crippen molar-refractivity contribution in [2.45, 2.75) is 206 Å². The third kappa shape index (κ3) is 35.7. The number of hydrogen-bond acceptors (Lipinski definition) is 4. The average Bonchev–Trinajstić information content (AvgIpc) is 3.03. The first-order valence-electron chi connectivity index (χ1n) is 19.7. The van der Waals surface area contributed by atoms with Gasteiger partial charge in [0.05, 0.1) is 17.9 Å². The normalized spacial score (nSPS) is 13.7. The zero-order valence-electron chi connectivity index (χ0n) is 30.7. The van der Waals surface area contributed by atoms with Crippen LogP contribution < -0.4 is 5.32 Å². The summed E-state index contributed by atoms with van der Waals surface area (Å²) in [5.41, 5.74) is 0. The maximum absolute atomic E-state index is 12.4. The van der Waals surface area contributed by atoms with Crippen molar-refractivity contribution in [1.82, 2.24) is 5.32 Å². The first kappa shape index (κ1) is 45.6. The van der Waals surface area contributed by atoms with Gasteiger partial charge in [-0.25, -0.2) is 0 Å². The van der Waals surface area contributed by atoms with Gasteiger partial charge in [0.1, 0.15) is 0 Å². The Morgan fingerprint density at radius 2 is 0.915 bits per heavy atom. The summed E-state index contributed by atoms with van der Waals surface area (Å²) in [4.78, 5) is 12.4. The van der Waals surface area contributed by atoms with E-state index in [4.69, 9.17) is 0 Å². The predicted molar refractivity (Wildman–Crippen MR) is 202 cm³/mol. The second-order valence-corrected chi connectivity index (χ2v) is 15.0. The van der Waals surface area contributed by atoms with Crippen molar-refractivity contribution in [3.05, 3.63) is 36.5 Å². The summed E-state index contributed by atoms with van der Waals surface area (Å²) in [5.74, 6) is -1.01. The molecule has 2 unspecified atom stereocenters. The Kier molecular flexibility index (Phi) is 33.4. The van der Waals surface area contributed by atoms with Crippen molar-refractivity contribution in [3.63, 3.8) is 0 Å². The maximum atomic E-state index is 12.4. The van der Waals surface area contributed by atoms with E-state index in [9.17, 15) is 22.9 Å². The summed E-state index contributed by atoms with van der Waals surface area (Å²) in [6, 6.07) is -1.08. The molecule has 3 N–H and O–H groups in total. The van der Waals surface area contributed by atoms with Gasteiger partial charge in [-0.15, -0.1) is 0 Å². The largest absolute Gasteiger partial charge is 0.387 e. The highest BCUT2D eigenvalue weighted by Crippen LogP contribution is 2.14. The van der Waals surface area contributed by atoms with Crippen LogP contribution in [0.3, 0.4) is 0 Å². The molecule has 1 amide bonds. The number of carbonyl (C=O) groups excluding carboxylic acids is 1. The lowest BCUT2D eigenvalue weighted by Gasteiger charge is -2.21. The zero-order chi connectivity index (χ0) is 34.7. The monoisotopic (exact) mass is 682 g/mol. The van der Waals surface area contributed by atoms with Gasteiger partial charge in [0, 0.05) is 6.42 Å². The van der Waals surface area contributed by atoms with Crippen molar-refractivity contribution in [2.75, 3.05) is 5.75 Å². The lowest BCUT2D eigenvalue weighted by atomic mass is 10.0. The molecule has 0 fully saturated rings. The highest BCUT2D eigenvalue weighted by molar-refractivity contribution is 7.85. The third-order valence-corrected chi connectivity index (χ3v) is 9.57. The van der Waals surface area contributed by atoms with Crippen molar-refractivity contribution in [1.29, 1.82) is 0 Å². The van der Waals surface area contributed by atoms with Gasteiger partial charge in [0.25, 0.3) is 10.1 Å². The van der Waals surface area contributed by atoms with Crippen molar-refractivity contribution in [2.24, 2.45) is 0 Å². The van der Waals surface area contributed by atoms with E-state index in [1.165, 1.54) is 122 Å². The number of rotatable bonds is 35. The highest BCUT2D eigenvalue weighted by atomic mass is 32.2. The third-order valence-electron chi connectivity index (χ3n) is 8.79. The molecule has 0 aliphatic carbocycles. The summed E-state index contributed by atoms with van der Waals surface area (Å²) in [6.45, 7) is 4.49. The molecule has 0 aromatic heterocycles. The molecule has 6 nitrogen and oxygen atoms in total. The Morgan fingerprint density at radius 1 is 0.553 bits per heavy atom. The predicted octanol–water partition coefficient (Wildman–Crippen LogP) is 11.4. The van der Waals surface area contributed by atoms with Gasteiger partial charge in [-0.1, -0.05) is 166 Å². The quantitative estimate of drug-likeness (QED) is 0.0351. The van der Waals surface area contributed by atoms with E-state index in [0.717, 1.165) is 51.4 Å². The van der Waals surface area contributed by atoms with Crippen molar-refractivity contribution in [3.8, 4) is 0 Å². The van der Waals surface area contributed by atoms with Crippen LogP contribution in [0.4, 0.5) is 0 Å². The SMILES string of the molecule is CCCCC/C=C\CCCCCCCC(=O)NC(CS(=O)(=O)O)C(O)/C=C/CC/C=C/CCCCCCCCCCCCCCCC. The Balaban J connectivity index is 3.98. The van der Waals surface area contributed by atoms with E-state index in [-0.39, 0.29) is 12.3 Å². The van der Waals surface area contributed by atoms with Crippen LogP contribution in [-0.2, 0) is 14.9 Å². The molecule has 0 rings (SSSR count). The van der Waals surface area contributed by atoms with E-state index in [0.29, 0.717) is 6.42 Å². The number of allylic oxidation sites excluding steroid dienone is 5. The number of unbranched alkanes of at least 4 members (excludes halogenated alkanes) is 23. The number of amides is 1. The van der Waals surface area contributed by atoms with Crippen LogP contribution in [-0.4, -0.2) is 41.9 Å². The molecule has 0 heterocycles. The van der Waals surface area contributed by atoms with E-state index < -0.39 is 28.0 Å². The summed E-state index contributed by atoms with van der Waals surface area (Å²) < 4.78 is 32.4. The first-order valence-corrected chi connectivity index (χ1v) is 21.3. The van der Waals surface area contributed by atoms with Crippen LogP contribution in [0.25, 0.3) is 0 Å². The topological polar surface area (TPSA) is 104 Å². The van der Waals surface area contributed by atoms with Gasteiger partial charge >= 0.3 is 0 Å². The van der Waals surface area contributed by atoms with Gasteiger partial charge in [0.2, 0.25) is 5.91 Å². The molecule has 0 spiro atoms. The molecular weight excluding hydrogens is 607 g/mol. The molecule has 0 aliphatic heterocycles. The molecule has 0 aromatic carbocycles. The molecule has 0 saturated heterocycles. The van der Waals surface area contributed by atoms with Gasteiger partial charge in [-0.2, -0.15) is 8.42 Å². The van der Waals surface area contributed by atoms with Gasteiger partial charge < -0.3 is 10.4 Å². The molecule has 276 valence electrons. The number of nitrogens with one attached hydrogen (secondary N) is 1. The molecule has 47 heavy (non-hydrogen) atoms. The molecule has 2 atom stereocenters. The van der Waals surface area contributed by atoms with Crippen LogP contribution in [0.1, 0.15) is 194 Å². The Labute approximate surface area is 291 Å². The fourth-order valence-electron chi connectivity index (χ4n) is 5.81. The minimum absolute atomic E-state index is 0.278. The van der Waals surface area contributed by atoms with E-state index >= 15 is 0 Å². The fraction of sp³-hybridized carbons (Fsp3) is 0.825. The Bertz CT molecular complexity index is 883. The van der Waals surface area contributed by atoms with Gasteiger partial charge in [-0.05, 0) is 57.8 Å². The van der Waals surface area contributed by atoms with E-state index in [1.54, 1.807) is 0 Å². The summed E-state index contributed by atoms with van der Waals surface area (Å²) in [7, 11) is -4.35. The molecular formula is C40H75NO5S. The van der Waals surface area contributed by atoms with Crippen LogP contribution in [0.2, 0.25) is 0 Å². The standard InChI is InChI=1S/C40H75NO5S/c1-3-5-7-9-11-13-15-17-18-19-20-21-22-23-24-25-27-29-31-33-35-39(42)38(37-47(44,45)46)41-40(43)36-34-32-30-28-26-16-14-12-10-8-6-4-2/h12,14,25,27,33,35,38-39,42H,3-11,13,15-24,26,28-32,34,36-37H2,1-2H3,(H,41,43)(H,44,45,46)/b14-12-,27-25+,35-33+. The Morgan fingerprint density at radius 3 is 1.38 bits per heavy atom. The minimum atomic E-state index is -4.35. The lowest BCUT2D eigenvalue weighted by Crippen LogP contribution is -2.46. The van der Waals surface area contributed by atoms with Crippen molar-refractivity contribution < 1.29 is 22.9 Å². The Hall–Kier alpha value is -1.44. The molecule has 0 saturated carbocycles. The maximum Gasteiger partial charge on any atom is 0.267 e. The smallest absolute Gasteiger partial charge is 0.267 e. The molecule has 0 radical (unpaired) electrons. The molecule has 0 aliphatic rings. The van der Waals surface area contributed by atoms with Crippen LogP contribution >= 0.6 is 0 Å². The van der Waals surface area contributed by atoms with Gasteiger partial charge in [0.15, 0.2) is 0 Å². The fourth-order valence-corrected chi connectivity index (χ4v) is 6.55.